The lowest BCUT2D eigenvalue weighted by molar-refractivity contribution is -0.148. The molecule has 0 radical (unpaired) electrons. The predicted octanol–water partition coefficient (Wildman–Crippen LogP) is 3.19. The van der Waals surface area contributed by atoms with Crippen molar-refractivity contribution in [1.29, 1.82) is 0 Å². The van der Waals surface area contributed by atoms with Crippen LogP contribution in [0, 0.1) is 17.3 Å². The first kappa shape index (κ1) is 15.6. The van der Waals surface area contributed by atoms with Gasteiger partial charge in [-0.3, -0.25) is 9.59 Å². The Labute approximate surface area is 146 Å². The Balaban J connectivity index is 1.84. The van der Waals surface area contributed by atoms with Gasteiger partial charge in [0, 0.05) is 0 Å². The van der Waals surface area contributed by atoms with Crippen LogP contribution >= 0.6 is 0 Å². The number of carbonyl (C=O) groups is 2. The van der Waals surface area contributed by atoms with Crippen molar-refractivity contribution in [2.75, 3.05) is 14.2 Å². The van der Waals surface area contributed by atoms with E-state index in [9.17, 15) is 9.59 Å². The number of methoxy groups -OCH3 is 2. The zero-order valence-electron chi connectivity index (χ0n) is 14.1. The molecule has 2 aromatic rings. The summed E-state index contributed by atoms with van der Waals surface area (Å²) in [5, 5.41) is 0. The van der Waals surface area contributed by atoms with Gasteiger partial charge in [0.15, 0.2) is 0 Å². The molecule has 1 saturated carbocycles. The van der Waals surface area contributed by atoms with Crippen molar-refractivity contribution < 1.29 is 19.1 Å². The van der Waals surface area contributed by atoms with Gasteiger partial charge in [-0.2, -0.15) is 0 Å². The second-order valence-electron chi connectivity index (χ2n) is 6.35. The van der Waals surface area contributed by atoms with E-state index in [0.29, 0.717) is 0 Å². The first-order chi connectivity index (χ1) is 12.2. The monoisotopic (exact) mass is 334 g/mol. The van der Waals surface area contributed by atoms with E-state index >= 15 is 0 Å². The number of carbonyl (C=O) groups excluding carboxylic acids is 2. The van der Waals surface area contributed by atoms with E-state index in [4.69, 9.17) is 9.47 Å². The summed E-state index contributed by atoms with van der Waals surface area (Å²) < 4.78 is 9.94. The molecule has 0 heterocycles. The Morgan fingerprint density at radius 2 is 1.08 bits per heavy atom. The van der Waals surface area contributed by atoms with Gasteiger partial charge in [0.1, 0.15) is 0 Å². The number of esters is 2. The average molecular weight is 334 g/mol. The molecule has 2 aliphatic rings. The van der Waals surface area contributed by atoms with Gasteiger partial charge >= 0.3 is 11.9 Å². The molecule has 4 nitrogen and oxygen atoms in total. The van der Waals surface area contributed by atoms with Gasteiger partial charge < -0.3 is 9.47 Å². The minimum Gasteiger partial charge on any atom is -0.469 e. The molecule has 4 heteroatoms. The quantitative estimate of drug-likeness (QED) is 0.806. The summed E-state index contributed by atoms with van der Waals surface area (Å²) in [4.78, 5) is 24.7. The summed E-state index contributed by atoms with van der Waals surface area (Å²) in [5.74, 6) is -1.77. The molecule has 0 aromatic heterocycles. The molecule has 25 heavy (non-hydrogen) atoms. The van der Waals surface area contributed by atoms with E-state index in [1.165, 1.54) is 14.2 Å². The van der Waals surface area contributed by atoms with Gasteiger partial charge in [-0.25, -0.2) is 0 Å². The number of rotatable bonds is 4. The molecule has 0 bridgehead atoms. The van der Waals surface area contributed by atoms with Crippen molar-refractivity contribution in [1.82, 2.24) is 0 Å². The number of hydrogen-bond acceptors (Lipinski definition) is 4. The highest BCUT2D eigenvalue weighted by Crippen LogP contribution is 2.84. The van der Waals surface area contributed by atoms with Gasteiger partial charge in [-0.1, -0.05) is 60.7 Å². The summed E-state index contributed by atoms with van der Waals surface area (Å²) in [6.45, 7) is 0. The normalized spacial score (nSPS) is 22.5. The van der Waals surface area contributed by atoms with Crippen molar-refractivity contribution in [3.63, 3.8) is 0 Å². The fourth-order valence-electron chi connectivity index (χ4n) is 4.19. The van der Waals surface area contributed by atoms with Crippen molar-refractivity contribution in [2.24, 2.45) is 17.3 Å². The predicted molar refractivity (Wildman–Crippen MR) is 93.1 cm³/mol. The molecule has 1 fully saturated rings. The molecule has 126 valence electrons. The Hall–Kier alpha value is -2.88. The lowest BCUT2D eigenvalue weighted by Crippen LogP contribution is -2.10. The van der Waals surface area contributed by atoms with Crippen LogP contribution in [0.1, 0.15) is 11.1 Å². The third-order valence-electron chi connectivity index (χ3n) is 5.26. The first-order valence-electron chi connectivity index (χ1n) is 8.19. The highest BCUT2D eigenvalue weighted by molar-refractivity contribution is 6.23. The third-order valence-corrected chi connectivity index (χ3v) is 5.26. The number of benzene rings is 2. The summed E-state index contributed by atoms with van der Waals surface area (Å²) in [7, 11) is 2.71. The fourth-order valence-corrected chi connectivity index (χ4v) is 4.19. The van der Waals surface area contributed by atoms with Gasteiger partial charge in [-0.15, -0.1) is 0 Å². The Morgan fingerprint density at radius 1 is 0.720 bits per heavy atom. The van der Waals surface area contributed by atoms with Gasteiger partial charge in [-0.05, 0) is 22.3 Å². The summed E-state index contributed by atoms with van der Waals surface area (Å²) in [5.41, 5.74) is 3.56. The number of ether oxygens (including phenoxy) is 2. The Kier molecular flexibility index (Phi) is 3.49. The fraction of sp³-hybridized carbons (Fsp3) is 0.238. The summed E-state index contributed by atoms with van der Waals surface area (Å²) >= 11 is 0. The molecule has 2 aromatic carbocycles. The van der Waals surface area contributed by atoms with Gasteiger partial charge in [0.25, 0.3) is 0 Å². The zero-order chi connectivity index (χ0) is 17.6. The second kappa shape index (κ2) is 5.59. The second-order valence-corrected chi connectivity index (χ2v) is 6.35. The van der Waals surface area contributed by atoms with E-state index in [0.717, 1.165) is 22.3 Å². The molecule has 0 saturated heterocycles. The molecule has 2 atom stereocenters. The SMILES string of the molecule is COC(=O)C1C(C(=O)OC)C12C(c1ccccc1)=C2c1ccccc1. The van der Waals surface area contributed by atoms with Crippen LogP contribution in [0.15, 0.2) is 60.7 Å². The molecule has 0 amide bonds. The maximum atomic E-state index is 12.4. The molecule has 0 N–H and O–H groups in total. The largest absolute Gasteiger partial charge is 0.469 e. The lowest BCUT2D eigenvalue weighted by Gasteiger charge is -2.01. The smallest absolute Gasteiger partial charge is 0.310 e. The maximum absolute atomic E-state index is 12.4. The Morgan fingerprint density at radius 3 is 1.40 bits per heavy atom. The summed E-state index contributed by atoms with van der Waals surface area (Å²) in [6, 6.07) is 19.8. The van der Waals surface area contributed by atoms with Crippen LogP contribution in [0.25, 0.3) is 11.1 Å². The highest BCUT2D eigenvalue weighted by atomic mass is 16.5. The van der Waals surface area contributed by atoms with E-state index in [-0.39, 0.29) is 11.9 Å². The Bertz CT molecular complexity index is 794. The van der Waals surface area contributed by atoms with E-state index in [1.807, 2.05) is 60.7 Å². The van der Waals surface area contributed by atoms with Crippen LogP contribution in [0.5, 0.6) is 0 Å². The van der Waals surface area contributed by atoms with E-state index < -0.39 is 17.3 Å². The van der Waals surface area contributed by atoms with Crippen molar-refractivity contribution in [2.45, 2.75) is 0 Å². The molecule has 2 aliphatic carbocycles. The van der Waals surface area contributed by atoms with Crippen LogP contribution in [-0.4, -0.2) is 26.2 Å². The maximum Gasteiger partial charge on any atom is 0.310 e. The molecular weight excluding hydrogens is 316 g/mol. The van der Waals surface area contributed by atoms with Crippen LogP contribution in [-0.2, 0) is 19.1 Å². The van der Waals surface area contributed by atoms with Crippen molar-refractivity contribution in [3.05, 3.63) is 71.8 Å². The third kappa shape index (κ3) is 2.07. The topological polar surface area (TPSA) is 52.6 Å². The number of hydrogen-bond donors (Lipinski definition) is 0. The van der Waals surface area contributed by atoms with E-state index in [1.54, 1.807) is 0 Å². The molecule has 2 unspecified atom stereocenters. The molecule has 0 aliphatic heterocycles. The van der Waals surface area contributed by atoms with Crippen LogP contribution < -0.4 is 0 Å². The van der Waals surface area contributed by atoms with E-state index in [2.05, 4.69) is 0 Å². The molecule has 1 spiro atoms. The summed E-state index contributed by atoms with van der Waals surface area (Å²) in [6.07, 6.45) is 0. The lowest BCUT2D eigenvalue weighted by atomic mass is 10.0. The number of allylic oxidation sites excluding steroid dienone is 2. The average Bonchev–Trinajstić information content (AvgIpc) is 3.55. The first-order valence-corrected chi connectivity index (χ1v) is 8.19. The van der Waals surface area contributed by atoms with Crippen molar-refractivity contribution >= 4 is 23.1 Å². The van der Waals surface area contributed by atoms with Crippen LogP contribution in [0.2, 0.25) is 0 Å². The minimum absolute atomic E-state index is 0.366. The zero-order valence-corrected chi connectivity index (χ0v) is 14.1. The highest BCUT2D eigenvalue weighted by Gasteiger charge is 2.83. The minimum atomic E-state index is -0.594. The van der Waals surface area contributed by atoms with Crippen LogP contribution in [0.4, 0.5) is 0 Å². The van der Waals surface area contributed by atoms with Crippen LogP contribution in [0.3, 0.4) is 0 Å². The van der Waals surface area contributed by atoms with Crippen molar-refractivity contribution in [3.8, 4) is 0 Å². The van der Waals surface area contributed by atoms with Gasteiger partial charge in [0.05, 0.1) is 31.5 Å². The van der Waals surface area contributed by atoms with Gasteiger partial charge in [0.2, 0.25) is 0 Å². The standard InChI is InChI=1S/C21H18O4/c1-24-19(22)17-18(20(23)25-2)21(17)15(13-9-5-3-6-10-13)16(21)14-11-7-4-8-12-14/h3-12,17-18H,1-2H3. The molecule has 4 rings (SSSR count). The molecular formula is C21H18O4.